The molecule has 3 N–H and O–H groups in total. The molecule has 1 saturated carbocycles. The number of hydrogen-bond donors (Lipinski definition) is 2. The van der Waals surface area contributed by atoms with E-state index in [4.69, 9.17) is 10.5 Å². The summed E-state index contributed by atoms with van der Waals surface area (Å²) in [4.78, 5) is 19.0. The second-order valence-electron chi connectivity index (χ2n) is 4.54. The predicted octanol–water partition coefficient (Wildman–Crippen LogP) is 1.33. The average molecular weight is 237 g/mol. The number of anilines is 1. The number of nitrogens with one attached hydrogen (secondary N) is 1. The quantitative estimate of drug-likeness (QED) is 0.831. The van der Waals surface area contributed by atoms with Gasteiger partial charge >= 0.3 is 0 Å². The molecule has 0 saturated heterocycles. The number of rotatable bonds is 3. The molecular formula is C12H19N3O2. The van der Waals surface area contributed by atoms with Gasteiger partial charge in [-0.2, -0.15) is 0 Å². The van der Waals surface area contributed by atoms with Crippen molar-refractivity contribution < 1.29 is 4.74 Å². The van der Waals surface area contributed by atoms with E-state index in [-0.39, 0.29) is 5.56 Å². The maximum Gasteiger partial charge on any atom is 0.256 e. The summed E-state index contributed by atoms with van der Waals surface area (Å²) in [6.07, 6.45) is 4.54. The first kappa shape index (κ1) is 12.1. The molecule has 5 heteroatoms. The molecule has 0 spiro atoms. The van der Waals surface area contributed by atoms with Crippen LogP contribution in [0.15, 0.2) is 4.79 Å². The van der Waals surface area contributed by atoms with Gasteiger partial charge in [-0.3, -0.25) is 4.79 Å². The zero-order valence-electron chi connectivity index (χ0n) is 10.4. The monoisotopic (exact) mass is 237 g/mol. The molecule has 0 radical (unpaired) electrons. The van der Waals surface area contributed by atoms with Crippen LogP contribution >= 0.6 is 0 Å². The van der Waals surface area contributed by atoms with Crippen LogP contribution in [0.1, 0.15) is 44.0 Å². The normalized spacial score (nSPS) is 18.5. The maximum absolute atomic E-state index is 11.9. The van der Waals surface area contributed by atoms with Crippen molar-refractivity contribution in [3.8, 4) is 0 Å². The van der Waals surface area contributed by atoms with Crippen LogP contribution < -0.4 is 11.3 Å². The second kappa shape index (κ2) is 4.49. The van der Waals surface area contributed by atoms with Gasteiger partial charge < -0.3 is 15.5 Å². The Labute approximate surface area is 100 Å². The lowest BCUT2D eigenvalue weighted by atomic mass is 10.0. The molecule has 0 atom stereocenters. The summed E-state index contributed by atoms with van der Waals surface area (Å²) in [5, 5.41) is 0. The van der Waals surface area contributed by atoms with E-state index in [0.29, 0.717) is 23.6 Å². The fourth-order valence-electron chi connectivity index (χ4n) is 2.56. The molecule has 1 aliphatic rings. The minimum Gasteiger partial charge on any atom is -0.383 e. The van der Waals surface area contributed by atoms with E-state index in [9.17, 15) is 4.79 Å². The highest BCUT2D eigenvalue weighted by Gasteiger charge is 2.38. The van der Waals surface area contributed by atoms with Gasteiger partial charge in [0.05, 0.1) is 5.56 Å². The van der Waals surface area contributed by atoms with Crippen molar-refractivity contribution in [3.63, 3.8) is 0 Å². The van der Waals surface area contributed by atoms with Gasteiger partial charge in [0.15, 0.2) is 0 Å². The Balaban J connectivity index is 2.49. The Morgan fingerprint density at radius 1 is 1.47 bits per heavy atom. The Bertz CT molecular complexity index is 461. The first-order chi connectivity index (χ1) is 8.13. The molecule has 94 valence electrons. The standard InChI is InChI=1S/C12H19N3O2/c1-3-8-9(13)14-11(15-10(8)16)12(17-2)6-4-5-7-12/h3-7H2,1-2H3,(H3,13,14,15,16). The number of methoxy groups -OCH3 is 1. The number of aromatic nitrogens is 2. The van der Waals surface area contributed by atoms with Crippen LogP contribution in [0.3, 0.4) is 0 Å². The van der Waals surface area contributed by atoms with E-state index in [1.54, 1.807) is 7.11 Å². The number of hydrogen-bond acceptors (Lipinski definition) is 4. The third-order valence-corrected chi connectivity index (χ3v) is 3.63. The lowest BCUT2D eigenvalue weighted by Crippen LogP contribution is -2.32. The van der Waals surface area contributed by atoms with Gasteiger partial charge in [0.2, 0.25) is 0 Å². The fraction of sp³-hybridized carbons (Fsp3) is 0.667. The molecule has 1 heterocycles. The summed E-state index contributed by atoms with van der Waals surface area (Å²) < 4.78 is 5.58. The summed E-state index contributed by atoms with van der Waals surface area (Å²) in [6, 6.07) is 0. The Morgan fingerprint density at radius 3 is 2.59 bits per heavy atom. The Morgan fingerprint density at radius 2 is 2.12 bits per heavy atom. The molecule has 0 aromatic carbocycles. The summed E-state index contributed by atoms with van der Waals surface area (Å²) >= 11 is 0. The first-order valence-corrected chi connectivity index (χ1v) is 6.07. The molecular weight excluding hydrogens is 218 g/mol. The molecule has 2 rings (SSSR count). The van der Waals surface area contributed by atoms with Crippen LogP contribution in [0.4, 0.5) is 5.82 Å². The van der Waals surface area contributed by atoms with E-state index in [1.165, 1.54) is 0 Å². The van der Waals surface area contributed by atoms with Crippen molar-refractivity contribution in [1.29, 1.82) is 0 Å². The first-order valence-electron chi connectivity index (χ1n) is 6.07. The zero-order valence-corrected chi connectivity index (χ0v) is 10.4. The van der Waals surface area contributed by atoms with Crippen LogP contribution in [0.25, 0.3) is 0 Å². The predicted molar refractivity (Wildman–Crippen MR) is 65.8 cm³/mol. The van der Waals surface area contributed by atoms with Crippen molar-refractivity contribution in [3.05, 3.63) is 21.7 Å². The van der Waals surface area contributed by atoms with Crippen molar-refractivity contribution >= 4 is 5.82 Å². The lowest BCUT2D eigenvalue weighted by Gasteiger charge is -2.26. The Kier molecular flexibility index (Phi) is 3.19. The minimum absolute atomic E-state index is 0.140. The lowest BCUT2D eigenvalue weighted by molar-refractivity contribution is -0.0164. The minimum atomic E-state index is -0.445. The van der Waals surface area contributed by atoms with Crippen molar-refractivity contribution in [1.82, 2.24) is 9.97 Å². The van der Waals surface area contributed by atoms with E-state index in [1.807, 2.05) is 6.92 Å². The van der Waals surface area contributed by atoms with E-state index >= 15 is 0 Å². The molecule has 1 aromatic rings. The van der Waals surface area contributed by atoms with E-state index < -0.39 is 5.60 Å². The topological polar surface area (TPSA) is 81.0 Å². The van der Waals surface area contributed by atoms with E-state index in [0.717, 1.165) is 25.7 Å². The number of aromatic amines is 1. The van der Waals surface area contributed by atoms with Crippen molar-refractivity contribution in [2.75, 3.05) is 12.8 Å². The highest BCUT2D eigenvalue weighted by Crippen LogP contribution is 2.39. The number of ether oxygens (including phenoxy) is 1. The van der Waals surface area contributed by atoms with Gasteiger partial charge in [0.25, 0.3) is 5.56 Å². The molecule has 5 nitrogen and oxygen atoms in total. The van der Waals surface area contributed by atoms with Crippen LogP contribution in [-0.2, 0) is 16.8 Å². The van der Waals surface area contributed by atoms with Gasteiger partial charge in [-0.25, -0.2) is 4.98 Å². The summed E-state index contributed by atoms with van der Waals surface area (Å²) in [5.41, 5.74) is 5.80. The highest BCUT2D eigenvalue weighted by atomic mass is 16.5. The SMILES string of the molecule is CCc1c(N)nc(C2(OC)CCCC2)[nH]c1=O. The molecule has 0 amide bonds. The van der Waals surface area contributed by atoms with Crippen molar-refractivity contribution in [2.24, 2.45) is 0 Å². The number of nitrogens with zero attached hydrogens (tertiary/aromatic N) is 1. The van der Waals surface area contributed by atoms with Gasteiger partial charge in [0.1, 0.15) is 17.2 Å². The fourth-order valence-corrected chi connectivity index (χ4v) is 2.56. The summed E-state index contributed by atoms with van der Waals surface area (Å²) in [7, 11) is 1.66. The molecule has 0 bridgehead atoms. The van der Waals surface area contributed by atoms with Gasteiger partial charge in [-0.15, -0.1) is 0 Å². The highest BCUT2D eigenvalue weighted by molar-refractivity contribution is 5.38. The van der Waals surface area contributed by atoms with Gasteiger partial charge in [-0.1, -0.05) is 6.92 Å². The smallest absolute Gasteiger partial charge is 0.256 e. The number of H-pyrrole nitrogens is 1. The molecule has 1 aromatic heterocycles. The summed E-state index contributed by atoms with van der Waals surface area (Å²) in [5.74, 6) is 0.909. The zero-order chi connectivity index (χ0) is 12.5. The van der Waals surface area contributed by atoms with Crippen LogP contribution in [0.5, 0.6) is 0 Å². The van der Waals surface area contributed by atoms with Crippen LogP contribution in [0.2, 0.25) is 0 Å². The molecule has 1 fully saturated rings. The van der Waals surface area contributed by atoms with Crippen LogP contribution in [-0.4, -0.2) is 17.1 Å². The third kappa shape index (κ3) is 1.95. The maximum atomic E-state index is 11.9. The van der Waals surface area contributed by atoms with Crippen LogP contribution in [0, 0.1) is 0 Å². The second-order valence-corrected chi connectivity index (χ2v) is 4.54. The molecule has 0 unspecified atom stereocenters. The molecule has 1 aliphatic carbocycles. The number of nitrogens with two attached hydrogens (primary N) is 1. The number of nitrogen functional groups attached to an aromatic ring is 1. The van der Waals surface area contributed by atoms with E-state index in [2.05, 4.69) is 9.97 Å². The average Bonchev–Trinajstić information content (AvgIpc) is 2.78. The summed E-state index contributed by atoms with van der Waals surface area (Å²) in [6.45, 7) is 1.89. The van der Waals surface area contributed by atoms with Gasteiger partial charge in [0, 0.05) is 7.11 Å². The largest absolute Gasteiger partial charge is 0.383 e. The third-order valence-electron chi connectivity index (χ3n) is 3.63. The molecule has 17 heavy (non-hydrogen) atoms. The van der Waals surface area contributed by atoms with Crippen molar-refractivity contribution in [2.45, 2.75) is 44.6 Å². The van der Waals surface area contributed by atoms with Gasteiger partial charge in [-0.05, 0) is 32.1 Å². The molecule has 0 aliphatic heterocycles. The Hall–Kier alpha value is -1.36.